The average Bonchev–Trinajstić information content (AvgIpc) is 3.26. The molecular formula is C15H15FN4O4. The Kier molecular flexibility index (Phi) is 4.41. The smallest absolute Gasteiger partial charge is 0.319 e. The van der Waals surface area contributed by atoms with E-state index in [1.54, 1.807) is 0 Å². The fraction of sp³-hybridized carbons (Fsp3) is 0.333. The molecular weight excluding hydrogens is 319 g/mol. The Bertz CT molecular complexity index is 773. The summed E-state index contributed by atoms with van der Waals surface area (Å²) in [5.74, 6) is -0.542. The summed E-state index contributed by atoms with van der Waals surface area (Å²) in [5, 5.41) is 17.3. The number of carbonyl (C=O) groups excluding carboxylic acids is 1. The number of hydrogen-bond donors (Lipinski definition) is 3. The Balaban J connectivity index is 1.75. The first kappa shape index (κ1) is 15.9. The first-order valence-electron chi connectivity index (χ1n) is 7.43. The SMILES string of the molecule is O=C(O)CCNC(=O)Nc1ccc(F)cc1-c1nc(C2CC2)no1. The van der Waals surface area contributed by atoms with Crippen LogP contribution in [0.2, 0.25) is 0 Å². The van der Waals surface area contributed by atoms with Crippen molar-refractivity contribution in [1.29, 1.82) is 0 Å². The minimum absolute atomic E-state index is 0.0237. The maximum atomic E-state index is 13.6. The van der Waals surface area contributed by atoms with Crippen LogP contribution in [-0.2, 0) is 4.79 Å². The topological polar surface area (TPSA) is 117 Å². The molecule has 9 heteroatoms. The molecule has 0 unspecified atom stereocenters. The average molecular weight is 334 g/mol. The first-order valence-corrected chi connectivity index (χ1v) is 7.43. The third-order valence-electron chi connectivity index (χ3n) is 3.47. The van der Waals surface area contributed by atoms with Gasteiger partial charge in [-0.15, -0.1) is 0 Å². The van der Waals surface area contributed by atoms with Gasteiger partial charge in [0.05, 0.1) is 17.7 Å². The monoisotopic (exact) mass is 334 g/mol. The molecule has 1 aromatic carbocycles. The standard InChI is InChI=1S/C15H15FN4O4/c16-9-3-4-11(18-15(23)17-6-5-12(21)22)10(7-9)14-19-13(20-24-14)8-1-2-8/h3-4,7-8H,1-2,5-6H2,(H,21,22)(H2,17,18,23). The van der Waals surface area contributed by atoms with Crippen LogP contribution in [0.25, 0.3) is 11.5 Å². The normalized spacial score (nSPS) is 13.5. The Labute approximate surface area is 136 Å². The molecule has 1 heterocycles. The van der Waals surface area contributed by atoms with E-state index in [-0.39, 0.29) is 36.0 Å². The van der Waals surface area contributed by atoms with Gasteiger partial charge in [0.25, 0.3) is 5.89 Å². The van der Waals surface area contributed by atoms with Gasteiger partial charge in [0.1, 0.15) is 5.82 Å². The maximum Gasteiger partial charge on any atom is 0.319 e. The summed E-state index contributed by atoms with van der Waals surface area (Å²) in [7, 11) is 0. The molecule has 24 heavy (non-hydrogen) atoms. The number of amides is 2. The number of nitrogens with zero attached hydrogens (tertiary/aromatic N) is 2. The van der Waals surface area contributed by atoms with Crippen molar-refractivity contribution in [2.45, 2.75) is 25.2 Å². The number of carboxylic acid groups (broad SMARTS) is 1. The number of carbonyl (C=O) groups is 2. The molecule has 0 spiro atoms. The zero-order valence-corrected chi connectivity index (χ0v) is 12.6. The van der Waals surface area contributed by atoms with E-state index < -0.39 is 17.8 Å². The van der Waals surface area contributed by atoms with Gasteiger partial charge in [-0.3, -0.25) is 4.79 Å². The van der Waals surface area contributed by atoms with Gasteiger partial charge in [-0.05, 0) is 31.0 Å². The highest BCUT2D eigenvalue weighted by Crippen LogP contribution is 2.39. The molecule has 0 atom stereocenters. The van der Waals surface area contributed by atoms with Crippen LogP contribution < -0.4 is 10.6 Å². The lowest BCUT2D eigenvalue weighted by atomic mass is 10.1. The van der Waals surface area contributed by atoms with Gasteiger partial charge in [-0.25, -0.2) is 9.18 Å². The third-order valence-corrected chi connectivity index (χ3v) is 3.47. The van der Waals surface area contributed by atoms with E-state index >= 15 is 0 Å². The van der Waals surface area contributed by atoms with Crippen LogP contribution in [0.4, 0.5) is 14.9 Å². The highest BCUT2D eigenvalue weighted by Gasteiger charge is 2.29. The van der Waals surface area contributed by atoms with Gasteiger partial charge in [0.2, 0.25) is 0 Å². The number of aliphatic carboxylic acids is 1. The molecule has 1 aromatic heterocycles. The molecule has 0 aliphatic heterocycles. The summed E-state index contributed by atoms with van der Waals surface area (Å²) < 4.78 is 18.7. The fourth-order valence-electron chi connectivity index (χ4n) is 2.10. The number of aromatic nitrogens is 2. The number of nitrogens with one attached hydrogen (secondary N) is 2. The maximum absolute atomic E-state index is 13.6. The summed E-state index contributed by atoms with van der Waals surface area (Å²) in [4.78, 5) is 26.5. The highest BCUT2D eigenvalue weighted by atomic mass is 19.1. The second-order valence-electron chi connectivity index (χ2n) is 5.45. The first-order chi connectivity index (χ1) is 11.5. The Morgan fingerprint density at radius 1 is 1.38 bits per heavy atom. The molecule has 0 radical (unpaired) electrons. The summed E-state index contributed by atoms with van der Waals surface area (Å²) >= 11 is 0. The molecule has 2 amide bonds. The van der Waals surface area contributed by atoms with Crippen LogP contribution in [0.1, 0.15) is 31.0 Å². The molecule has 3 N–H and O–H groups in total. The van der Waals surface area contributed by atoms with Crippen molar-refractivity contribution in [3.05, 3.63) is 29.8 Å². The van der Waals surface area contributed by atoms with Crippen LogP contribution >= 0.6 is 0 Å². The van der Waals surface area contributed by atoms with Gasteiger partial charge in [0.15, 0.2) is 5.82 Å². The third kappa shape index (κ3) is 3.86. The number of carboxylic acids is 1. The summed E-state index contributed by atoms with van der Waals surface area (Å²) in [5.41, 5.74) is 0.554. The molecule has 1 aliphatic rings. The Morgan fingerprint density at radius 2 is 2.17 bits per heavy atom. The number of rotatable bonds is 6. The van der Waals surface area contributed by atoms with Crippen molar-refractivity contribution in [1.82, 2.24) is 15.5 Å². The molecule has 2 aromatic rings. The molecule has 8 nitrogen and oxygen atoms in total. The van der Waals surface area contributed by atoms with Crippen molar-refractivity contribution in [2.75, 3.05) is 11.9 Å². The molecule has 1 saturated carbocycles. The van der Waals surface area contributed by atoms with E-state index in [1.807, 2.05) is 0 Å². The summed E-state index contributed by atoms with van der Waals surface area (Å²) in [6.45, 7) is -0.0237. The van der Waals surface area contributed by atoms with E-state index in [2.05, 4.69) is 20.8 Å². The summed E-state index contributed by atoms with van der Waals surface area (Å²) in [6.07, 6.45) is 1.80. The van der Waals surface area contributed by atoms with Crippen molar-refractivity contribution >= 4 is 17.7 Å². The molecule has 0 bridgehead atoms. The van der Waals surface area contributed by atoms with Gasteiger partial charge >= 0.3 is 12.0 Å². The van der Waals surface area contributed by atoms with E-state index in [4.69, 9.17) is 9.63 Å². The van der Waals surface area contributed by atoms with Crippen molar-refractivity contribution in [3.63, 3.8) is 0 Å². The minimum Gasteiger partial charge on any atom is -0.481 e. The quantitative estimate of drug-likeness (QED) is 0.746. The van der Waals surface area contributed by atoms with Gasteiger partial charge < -0.3 is 20.3 Å². The largest absolute Gasteiger partial charge is 0.481 e. The predicted molar refractivity (Wildman–Crippen MR) is 80.9 cm³/mol. The van der Waals surface area contributed by atoms with E-state index in [9.17, 15) is 14.0 Å². The van der Waals surface area contributed by atoms with Gasteiger partial charge in [0, 0.05) is 12.5 Å². The highest BCUT2D eigenvalue weighted by molar-refractivity contribution is 5.93. The van der Waals surface area contributed by atoms with Crippen LogP contribution in [0, 0.1) is 5.82 Å². The molecule has 3 rings (SSSR count). The van der Waals surface area contributed by atoms with E-state index in [1.165, 1.54) is 18.2 Å². The zero-order valence-electron chi connectivity index (χ0n) is 12.6. The fourth-order valence-corrected chi connectivity index (χ4v) is 2.10. The molecule has 1 aliphatic carbocycles. The van der Waals surface area contributed by atoms with Crippen LogP contribution in [0.3, 0.4) is 0 Å². The van der Waals surface area contributed by atoms with Crippen LogP contribution in [0.15, 0.2) is 22.7 Å². The van der Waals surface area contributed by atoms with Crippen molar-refractivity contribution < 1.29 is 23.6 Å². The van der Waals surface area contributed by atoms with Crippen LogP contribution in [0.5, 0.6) is 0 Å². The Morgan fingerprint density at radius 3 is 2.88 bits per heavy atom. The van der Waals surface area contributed by atoms with Crippen LogP contribution in [-0.4, -0.2) is 33.8 Å². The number of benzene rings is 1. The number of hydrogen-bond acceptors (Lipinski definition) is 5. The molecule has 0 saturated heterocycles. The number of halogens is 1. The van der Waals surface area contributed by atoms with E-state index in [0.717, 1.165) is 12.8 Å². The lowest BCUT2D eigenvalue weighted by Gasteiger charge is -2.09. The predicted octanol–water partition coefficient (Wildman–Crippen LogP) is 2.35. The van der Waals surface area contributed by atoms with Crippen molar-refractivity contribution in [2.24, 2.45) is 0 Å². The van der Waals surface area contributed by atoms with Crippen molar-refractivity contribution in [3.8, 4) is 11.5 Å². The molecule has 1 fully saturated rings. The summed E-state index contributed by atoms with van der Waals surface area (Å²) in [6, 6.07) is 3.15. The zero-order chi connectivity index (χ0) is 17.1. The minimum atomic E-state index is -1.02. The lowest BCUT2D eigenvalue weighted by Crippen LogP contribution is -2.30. The number of urea groups is 1. The van der Waals surface area contributed by atoms with Gasteiger partial charge in [-0.2, -0.15) is 4.98 Å². The van der Waals surface area contributed by atoms with E-state index in [0.29, 0.717) is 5.82 Å². The Hall–Kier alpha value is -2.97. The second-order valence-corrected chi connectivity index (χ2v) is 5.45. The second kappa shape index (κ2) is 6.65. The lowest BCUT2D eigenvalue weighted by molar-refractivity contribution is -0.136. The molecule has 126 valence electrons. The van der Waals surface area contributed by atoms with Gasteiger partial charge in [-0.1, -0.05) is 5.16 Å². The number of anilines is 1.